The van der Waals surface area contributed by atoms with E-state index in [1.807, 2.05) is 19.1 Å². The number of anilines is 2. The summed E-state index contributed by atoms with van der Waals surface area (Å²) in [6.45, 7) is 1.58. The monoisotopic (exact) mass is 519 g/mol. The van der Waals surface area contributed by atoms with E-state index in [4.69, 9.17) is 21.1 Å². The SMILES string of the molecule is COc1cccc(/C=C2\C(=O)NC(=O)N(c3ccc(Cl)cc3)C2=O)c1OCC(=O)Nc1ccc(C)cc1. The first kappa shape index (κ1) is 25.5. The maximum Gasteiger partial charge on any atom is 0.335 e. The van der Waals surface area contributed by atoms with Crippen LogP contribution in [0.1, 0.15) is 11.1 Å². The van der Waals surface area contributed by atoms with Gasteiger partial charge in [-0.25, -0.2) is 9.69 Å². The zero-order valence-electron chi connectivity index (χ0n) is 19.9. The van der Waals surface area contributed by atoms with Gasteiger partial charge in [-0.05, 0) is 55.5 Å². The number of amides is 5. The Bertz CT molecular complexity index is 1400. The number of para-hydroxylation sites is 1. The molecule has 1 fully saturated rings. The highest BCUT2D eigenvalue weighted by molar-refractivity contribution is 6.39. The summed E-state index contributed by atoms with van der Waals surface area (Å²) in [5.74, 6) is -1.69. The van der Waals surface area contributed by atoms with Gasteiger partial charge in [-0.1, -0.05) is 41.4 Å². The molecule has 1 aliphatic heterocycles. The number of imide groups is 2. The molecular formula is C27H22ClN3O6. The first-order valence-electron chi connectivity index (χ1n) is 11.1. The number of carbonyl (C=O) groups excluding carboxylic acids is 4. The Morgan fingerprint density at radius 3 is 2.41 bits per heavy atom. The summed E-state index contributed by atoms with van der Waals surface area (Å²) in [5.41, 5.74) is 1.89. The van der Waals surface area contributed by atoms with Gasteiger partial charge in [0.25, 0.3) is 17.7 Å². The molecule has 10 heteroatoms. The van der Waals surface area contributed by atoms with E-state index in [1.54, 1.807) is 30.3 Å². The Balaban J connectivity index is 1.61. The third kappa shape index (κ3) is 5.79. The van der Waals surface area contributed by atoms with Crippen molar-refractivity contribution in [2.24, 2.45) is 0 Å². The summed E-state index contributed by atoms with van der Waals surface area (Å²) < 4.78 is 11.1. The summed E-state index contributed by atoms with van der Waals surface area (Å²) in [6, 6.07) is 17.2. The predicted octanol–water partition coefficient (Wildman–Crippen LogP) is 4.34. The van der Waals surface area contributed by atoms with Crippen LogP contribution >= 0.6 is 11.6 Å². The Kier molecular flexibility index (Phi) is 7.55. The fourth-order valence-electron chi connectivity index (χ4n) is 3.57. The molecule has 0 aliphatic carbocycles. The Morgan fingerprint density at radius 1 is 1.03 bits per heavy atom. The zero-order chi connectivity index (χ0) is 26.5. The van der Waals surface area contributed by atoms with E-state index in [1.165, 1.54) is 37.5 Å². The number of methoxy groups -OCH3 is 1. The number of aryl methyl sites for hydroxylation is 1. The molecule has 0 aromatic heterocycles. The van der Waals surface area contributed by atoms with Crippen molar-refractivity contribution in [3.63, 3.8) is 0 Å². The van der Waals surface area contributed by atoms with E-state index in [0.29, 0.717) is 16.3 Å². The molecule has 0 radical (unpaired) electrons. The van der Waals surface area contributed by atoms with Gasteiger partial charge in [-0.3, -0.25) is 19.7 Å². The summed E-state index contributed by atoms with van der Waals surface area (Å²) in [7, 11) is 1.42. The minimum Gasteiger partial charge on any atom is -0.493 e. The molecule has 3 aromatic rings. The van der Waals surface area contributed by atoms with Gasteiger partial charge in [0.05, 0.1) is 12.8 Å². The topological polar surface area (TPSA) is 114 Å². The number of hydrogen-bond donors (Lipinski definition) is 2. The van der Waals surface area contributed by atoms with Crippen molar-refractivity contribution in [3.05, 3.63) is 88.5 Å². The summed E-state index contributed by atoms with van der Waals surface area (Å²) in [6.07, 6.45) is 1.28. The molecule has 2 N–H and O–H groups in total. The van der Waals surface area contributed by atoms with Crippen LogP contribution in [0.25, 0.3) is 6.08 Å². The molecule has 5 amide bonds. The largest absolute Gasteiger partial charge is 0.493 e. The minimum absolute atomic E-state index is 0.145. The first-order chi connectivity index (χ1) is 17.8. The number of rotatable bonds is 7. The molecule has 0 bridgehead atoms. The molecule has 1 saturated heterocycles. The van der Waals surface area contributed by atoms with Gasteiger partial charge in [0, 0.05) is 16.3 Å². The van der Waals surface area contributed by atoms with Crippen LogP contribution in [0.3, 0.4) is 0 Å². The third-order valence-corrected chi connectivity index (χ3v) is 5.65. The van der Waals surface area contributed by atoms with Gasteiger partial charge in [-0.2, -0.15) is 0 Å². The molecule has 37 heavy (non-hydrogen) atoms. The summed E-state index contributed by atoms with van der Waals surface area (Å²) in [4.78, 5) is 51.5. The van der Waals surface area contributed by atoms with Crippen molar-refractivity contribution in [2.75, 3.05) is 23.9 Å². The van der Waals surface area contributed by atoms with Crippen molar-refractivity contribution in [1.29, 1.82) is 0 Å². The number of hydrogen-bond acceptors (Lipinski definition) is 6. The Morgan fingerprint density at radius 2 is 1.73 bits per heavy atom. The van der Waals surface area contributed by atoms with Crippen molar-refractivity contribution in [3.8, 4) is 11.5 Å². The Hall–Kier alpha value is -4.63. The number of carbonyl (C=O) groups is 4. The molecule has 9 nitrogen and oxygen atoms in total. The number of benzene rings is 3. The lowest BCUT2D eigenvalue weighted by atomic mass is 10.1. The van der Waals surface area contributed by atoms with E-state index in [9.17, 15) is 19.2 Å². The van der Waals surface area contributed by atoms with Crippen LogP contribution in [0.4, 0.5) is 16.2 Å². The highest BCUT2D eigenvalue weighted by Gasteiger charge is 2.37. The first-order valence-corrected chi connectivity index (χ1v) is 11.5. The van der Waals surface area contributed by atoms with Gasteiger partial charge >= 0.3 is 6.03 Å². The third-order valence-electron chi connectivity index (χ3n) is 5.40. The van der Waals surface area contributed by atoms with Crippen molar-refractivity contribution >= 4 is 52.8 Å². The number of urea groups is 1. The lowest BCUT2D eigenvalue weighted by Gasteiger charge is -2.26. The number of halogens is 1. The van der Waals surface area contributed by atoms with E-state index >= 15 is 0 Å². The van der Waals surface area contributed by atoms with Crippen molar-refractivity contribution < 1.29 is 28.7 Å². The molecule has 0 atom stereocenters. The molecule has 188 valence electrons. The number of nitrogens with one attached hydrogen (secondary N) is 2. The van der Waals surface area contributed by atoms with Crippen LogP contribution < -0.4 is 25.0 Å². The molecule has 0 spiro atoms. The lowest BCUT2D eigenvalue weighted by molar-refractivity contribution is -0.122. The molecule has 1 heterocycles. The minimum atomic E-state index is -0.885. The van der Waals surface area contributed by atoms with E-state index in [2.05, 4.69) is 10.6 Å². The molecule has 3 aromatic carbocycles. The van der Waals surface area contributed by atoms with Crippen LogP contribution in [0.5, 0.6) is 11.5 Å². The smallest absolute Gasteiger partial charge is 0.335 e. The average molecular weight is 520 g/mol. The fourth-order valence-corrected chi connectivity index (χ4v) is 3.70. The normalized spacial score (nSPS) is 14.4. The van der Waals surface area contributed by atoms with Gasteiger partial charge in [-0.15, -0.1) is 0 Å². The maximum atomic E-state index is 13.2. The van der Waals surface area contributed by atoms with E-state index < -0.39 is 23.8 Å². The molecule has 0 saturated carbocycles. The predicted molar refractivity (Wildman–Crippen MR) is 139 cm³/mol. The second kappa shape index (κ2) is 11.0. The Labute approximate surface area is 217 Å². The van der Waals surface area contributed by atoms with Gasteiger partial charge < -0.3 is 14.8 Å². The second-order valence-corrected chi connectivity index (χ2v) is 8.45. The van der Waals surface area contributed by atoms with Crippen molar-refractivity contribution in [1.82, 2.24) is 5.32 Å². The zero-order valence-corrected chi connectivity index (χ0v) is 20.7. The standard InChI is InChI=1S/C27H22ClN3O6/c1-16-6-10-19(11-7-16)29-23(32)15-37-24-17(4-3-5-22(24)36-2)14-21-25(33)30-27(35)31(26(21)34)20-12-8-18(28)9-13-20/h3-14H,15H2,1-2H3,(H,29,32)(H,30,33,35)/b21-14+. The molecule has 1 aliphatic rings. The highest BCUT2D eigenvalue weighted by atomic mass is 35.5. The van der Waals surface area contributed by atoms with E-state index in [0.717, 1.165) is 10.5 Å². The van der Waals surface area contributed by atoms with Gasteiger partial charge in [0.15, 0.2) is 18.1 Å². The second-order valence-electron chi connectivity index (χ2n) is 8.02. The van der Waals surface area contributed by atoms with Crippen LogP contribution in [0.15, 0.2) is 72.3 Å². The number of ether oxygens (including phenoxy) is 2. The van der Waals surface area contributed by atoms with Crippen LogP contribution in [0.2, 0.25) is 5.02 Å². The quantitative estimate of drug-likeness (QED) is 0.354. The van der Waals surface area contributed by atoms with Crippen molar-refractivity contribution in [2.45, 2.75) is 6.92 Å². The highest BCUT2D eigenvalue weighted by Crippen LogP contribution is 2.33. The molecular weight excluding hydrogens is 498 g/mol. The lowest BCUT2D eigenvalue weighted by Crippen LogP contribution is -2.54. The van der Waals surface area contributed by atoms with Gasteiger partial charge in [0.2, 0.25) is 0 Å². The summed E-state index contributed by atoms with van der Waals surface area (Å²) in [5, 5.41) is 5.32. The number of nitrogens with zero attached hydrogens (tertiary/aromatic N) is 1. The van der Waals surface area contributed by atoms with Gasteiger partial charge in [0.1, 0.15) is 5.57 Å². The average Bonchev–Trinajstić information content (AvgIpc) is 2.87. The maximum absolute atomic E-state index is 13.2. The van der Waals surface area contributed by atoms with E-state index in [-0.39, 0.29) is 29.4 Å². The molecule has 4 rings (SSSR count). The number of barbiturate groups is 1. The summed E-state index contributed by atoms with van der Waals surface area (Å²) >= 11 is 5.91. The fraction of sp³-hybridized carbons (Fsp3) is 0.111. The van der Waals surface area contributed by atoms with Crippen LogP contribution in [0, 0.1) is 6.92 Å². The van der Waals surface area contributed by atoms with Crippen LogP contribution in [-0.2, 0) is 14.4 Å². The van der Waals surface area contributed by atoms with Crippen LogP contribution in [-0.4, -0.2) is 37.5 Å². The molecule has 0 unspecified atom stereocenters.